The van der Waals surface area contributed by atoms with Crippen molar-refractivity contribution in [2.45, 2.75) is 32.6 Å². The van der Waals surface area contributed by atoms with E-state index < -0.39 is 0 Å². The molecule has 1 aliphatic carbocycles. The van der Waals surface area contributed by atoms with Gasteiger partial charge in [0, 0.05) is 7.05 Å². The van der Waals surface area contributed by atoms with Crippen LogP contribution in [0.4, 0.5) is 0 Å². The van der Waals surface area contributed by atoms with E-state index in [0.717, 1.165) is 31.4 Å². The van der Waals surface area contributed by atoms with Crippen molar-refractivity contribution in [2.24, 2.45) is 4.99 Å². The second-order valence-corrected chi connectivity index (χ2v) is 6.06. The Morgan fingerprint density at radius 3 is 2.54 bits per heavy atom. The normalized spacial score (nSPS) is 14.8. The number of aryl methyl sites for hydroxylation is 1. The predicted molar refractivity (Wildman–Crippen MR) is 107 cm³/mol. The van der Waals surface area contributed by atoms with Gasteiger partial charge in [0.25, 0.3) is 0 Å². The van der Waals surface area contributed by atoms with Gasteiger partial charge in [0.05, 0.1) is 5.71 Å². The summed E-state index contributed by atoms with van der Waals surface area (Å²) in [5.41, 5.74) is 6.24. The van der Waals surface area contributed by atoms with Crippen molar-refractivity contribution >= 4 is 5.71 Å². The second kappa shape index (κ2) is 9.67. The molecule has 0 aliphatic heterocycles. The Bertz CT molecular complexity index is 694. The number of hydrogen-bond acceptors (Lipinski definition) is 1. The number of rotatable bonds is 8. The van der Waals surface area contributed by atoms with Crippen LogP contribution in [0, 0.1) is 0 Å². The van der Waals surface area contributed by atoms with Crippen LogP contribution in [0.5, 0.6) is 0 Å². The summed E-state index contributed by atoms with van der Waals surface area (Å²) in [6.07, 6.45) is 18.7. The van der Waals surface area contributed by atoms with Crippen molar-refractivity contribution < 1.29 is 0 Å². The van der Waals surface area contributed by atoms with E-state index >= 15 is 0 Å². The molecule has 0 bridgehead atoms. The Morgan fingerprint density at radius 1 is 1.17 bits per heavy atom. The summed E-state index contributed by atoms with van der Waals surface area (Å²) in [5, 5.41) is 0. The highest BCUT2D eigenvalue weighted by Gasteiger charge is 1.98. The molecule has 0 radical (unpaired) electrons. The third kappa shape index (κ3) is 6.00. The van der Waals surface area contributed by atoms with Gasteiger partial charge < -0.3 is 0 Å². The Hall–Kier alpha value is -2.41. The standard InChI is InChI=1S/C23H27N/c1-4-20-12-14-22(15-13-20)18-19(2)8-7-11-23(24-3)17-16-21-9-5-6-10-21/h5-7,9,11-17H,2,4,8,10,18H2,1,3H3/b11-7-,17-16+,24-23?. The smallest absolute Gasteiger partial charge is 0.0567 e. The molecule has 1 aromatic carbocycles. The van der Waals surface area contributed by atoms with Crippen LogP contribution in [0.15, 0.2) is 89.5 Å². The molecule has 1 aromatic rings. The van der Waals surface area contributed by atoms with Gasteiger partial charge in [-0.3, -0.25) is 4.99 Å². The van der Waals surface area contributed by atoms with E-state index in [0.29, 0.717) is 0 Å². The van der Waals surface area contributed by atoms with E-state index in [1.807, 2.05) is 7.05 Å². The molecular formula is C23H27N. The van der Waals surface area contributed by atoms with Crippen LogP contribution in [0.25, 0.3) is 0 Å². The highest BCUT2D eigenvalue weighted by molar-refractivity contribution is 6.04. The zero-order valence-corrected chi connectivity index (χ0v) is 14.8. The van der Waals surface area contributed by atoms with Gasteiger partial charge in [0.2, 0.25) is 0 Å². The van der Waals surface area contributed by atoms with Crippen molar-refractivity contribution in [3.05, 3.63) is 95.6 Å². The molecule has 1 nitrogen and oxygen atoms in total. The second-order valence-electron chi connectivity index (χ2n) is 6.06. The summed E-state index contributed by atoms with van der Waals surface area (Å²) in [7, 11) is 1.83. The lowest BCUT2D eigenvalue weighted by Gasteiger charge is -2.04. The Balaban J connectivity index is 1.81. The summed E-state index contributed by atoms with van der Waals surface area (Å²) in [6, 6.07) is 8.83. The highest BCUT2D eigenvalue weighted by atomic mass is 14.7. The molecule has 0 unspecified atom stereocenters. The van der Waals surface area contributed by atoms with Gasteiger partial charge in [-0.05, 0) is 54.5 Å². The zero-order valence-electron chi connectivity index (χ0n) is 14.8. The molecule has 0 amide bonds. The van der Waals surface area contributed by atoms with Crippen LogP contribution in [0.3, 0.4) is 0 Å². The monoisotopic (exact) mass is 317 g/mol. The maximum Gasteiger partial charge on any atom is 0.0567 e. The van der Waals surface area contributed by atoms with Crippen LogP contribution in [0.1, 0.15) is 30.9 Å². The number of hydrogen-bond donors (Lipinski definition) is 0. The van der Waals surface area contributed by atoms with Gasteiger partial charge in [-0.15, -0.1) is 0 Å². The van der Waals surface area contributed by atoms with Gasteiger partial charge in [-0.25, -0.2) is 0 Å². The fraction of sp³-hybridized carbons (Fsp3) is 0.261. The molecule has 24 heavy (non-hydrogen) atoms. The third-order valence-corrected chi connectivity index (χ3v) is 4.11. The summed E-state index contributed by atoms with van der Waals surface area (Å²) in [5.74, 6) is 0. The molecular weight excluding hydrogens is 290 g/mol. The molecule has 0 aromatic heterocycles. The molecule has 2 rings (SSSR count). The van der Waals surface area contributed by atoms with Gasteiger partial charge in [-0.1, -0.05) is 73.7 Å². The minimum Gasteiger partial charge on any atom is -0.289 e. The van der Waals surface area contributed by atoms with E-state index in [1.54, 1.807) is 0 Å². The molecule has 0 spiro atoms. The van der Waals surface area contributed by atoms with E-state index in [-0.39, 0.29) is 0 Å². The largest absolute Gasteiger partial charge is 0.289 e. The Labute approximate surface area is 146 Å². The summed E-state index contributed by atoms with van der Waals surface area (Å²) in [6.45, 7) is 6.38. The zero-order chi connectivity index (χ0) is 17.2. The first-order valence-corrected chi connectivity index (χ1v) is 8.63. The Kier molecular flexibility index (Phi) is 7.22. The molecule has 0 atom stereocenters. The molecule has 0 N–H and O–H groups in total. The summed E-state index contributed by atoms with van der Waals surface area (Å²) < 4.78 is 0. The molecule has 1 heteroatoms. The number of aliphatic imine (C=N–C) groups is 1. The number of nitrogens with zero attached hydrogens (tertiary/aromatic N) is 1. The van der Waals surface area contributed by atoms with E-state index in [2.05, 4.69) is 85.3 Å². The van der Waals surface area contributed by atoms with Crippen LogP contribution >= 0.6 is 0 Å². The lowest BCUT2D eigenvalue weighted by molar-refractivity contribution is 1.07. The average Bonchev–Trinajstić information content (AvgIpc) is 3.12. The molecule has 1 aliphatic rings. The molecule has 0 fully saturated rings. The first kappa shape index (κ1) is 17.9. The van der Waals surface area contributed by atoms with E-state index in [1.165, 1.54) is 22.3 Å². The highest BCUT2D eigenvalue weighted by Crippen LogP contribution is 2.13. The fourth-order valence-corrected chi connectivity index (χ4v) is 2.58. The van der Waals surface area contributed by atoms with Crippen molar-refractivity contribution in [1.82, 2.24) is 0 Å². The van der Waals surface area contributed by atoms with Gasteiger partial charge in [0.15, 0.2) is 0 Å². The van der Waals surface area contributed by atoms with Crippen LogP contribution in [0.2, 0.25) is 0 Å². The maximum absolute atomic E-state index is 4.31. The van der Waals surface area contributed by atoms with Crippen molar-refractivity contribution in [1.29, 1.82) is 0 Å². The third-order valence-electron chi connectivity index (χ3n) is 4.11. The predicted octanol–water partition coefficient (Wildman–Crippen LogP) is 5.81. The van der Waals surface area contributed by atoms with Gasteiger partial charge in [-0.2, -0.15) is 0 Å². The fourth-order valence-electron chi connectivity index (χ4n) is 2.58. The summed E-state index contributed by atoms with van der Waals surface area (Å²) in [4.78, 5) is 4.31. The minimum atomic E-state index is 0.882. The topological polar surface area (TPSA) is 12.4 Å². The van der Waals surface area contributed by atoms with Crippen molar-refractivity contribution in [2.75, 3.05) is 7.05 Å². The van der Waals surface area contributed by atoms with E-state index in [9.17, 15) is 0 Å². The van der Waals surface area contributed by atoms with Crippen LogP contribution < -0.4 is 0 Å². The number of allylic oxidation sites excluding steroid dienone is 9. The van der Waals surface area contributed by atoms with Gasteiger partial charge >= 0.3 is 0 Å². The first-order chi connectivity index (χ1) is 11.7. The minimum absolute atomic E-state index is 0.882. The lowest BCUT2D eigenvalue weighted by atomic mass is 10.0. The van der Waals surface area contributed by atoms with Crippen molar-refractivity contribution in [3.63, 3.8) is 0 Å². The van der Waals surface area contributed by atoms with Gasteiger partial charge in [0.1, 0.15) is 0 Å². The quantitative estimate of drug-likeness (QED) is 0.424. The first-order valence-electron chi connectivity index (χ1n) is 8.63. The molecule has 0 saturated heterocycles. The maximum atomic E-state index is 4.31. The lowest BCUT2D eigenvalue weighted by Crippen LogP contribution is -1.91. The molecule has 124 valence electrons. The molecule has 0 heterocycles. The SMILES string of the molecule is C=C(C/C=C\C(/C=C/C1=CC=CC1)=NC)Cc1ccc(CC)cc1. The van der Waals surface area contributed by atoms with Crippen LogP contribution in [-0.4, -0.2) is 12.8 Å². The van der Waals surface area contributed by atoms with Crippen molar-refractivity contribution in [3.8, 4) is 0 Å². The van der Waals surface area contributed by atoms with Crippen LogP contribution in [-0.2, 0) is 12.8 Å². The summed E-state index contributed by atoms with van der Waals surface area (Å²) >= 11 is 0. The van der Waals surface area contributed by atoms with E-state index in [4.69, 9.17) is 0 Å². The Morgan fingerprint density at radius 2 is 1.92 bits per heavy atom. The molecule has 0 saturated carbocycles. The average molecular weight is 317 g/mol. The number of benzene rings is 1.